The Balaban J connectivity index is 2.63. The minimum absolute atomic E-state index is 0.332. The Bertz CT molecular complexity index is 702. The number of rotatable bonds is 0. The monoisotopic (exact) mass is 216 g/mol. The third kappa shape index (κ3) is 1.05. The Kier molecular flexibility index (Phi) is 1.71. The fraction of sp³-hybridized carbons (Fsp3) is 0.182. The molecule has 2 heterocycles. The number of aromatic nitrogens is 4. The van der Waals surface area contributed by atoms with Crippen LogP contribution in [-0.2, 0) is 7.05 Å². The summed E-state index contributed by atoms with van der Waals surface area (Å²) < 4.78 is 15.9. The average Bonchev–Trinajstić information content (AvgIpc) is 2.63. The van der Waals surface area contributed by atoms with Gasteiger partial charge in [-0.2, -0.15) is 0 Å². The van der Waals surface area contributed by atoms with E-state index in [0.29, 0.717) is 11.0 Å². The van der Waals surface area contributed by atoms with E-state index in [-0.39, 0.29) is 5.82 Å². The molecule has 2 aromatic heterocycles. The number of hydrogen-bond donors (Lipinski definition) is 0. The van der Waals surface area contributed by atoms with Crippen molar-refractivity contribution >= 4 is 21.9 Å². The van der Waals surface area contributed by atoms with E-state index in [1.807, 2.05) is 20.0 Å². The maximum absolute atomic E-state index is 14.1. The third-order valence-corrected chi connectivity index (χ3v) is 2.76. The van der Waals surface area contributed by atoms with E-state index in [4.69, 9.17) is 0 Å². The summed E-state index contributed by atoms with van der Waals surface area (Å²) in [5, 5.41) is 0.733. The van der Waals surface area contributed by atoms with Gasteiger partial charge in [0.2, 0.25) is 0 Å². The molecule has 1 aromatic carbocycles. The maximum atomic E-state index is 14.1. The molecule has 3 aromatic rings. The predicted octanol–water partition coefficient (Wildman–Crippen LogP) is 1.96. The van der Waals surface area contributed by atoms with Crippen molar-refractivity contribution in [3.8, 4) is 0 Å². The number of nitrogens with zero attached hydrogens (tertiary/aromatic N) is 4. The molecule has 0 bridgehead atoms. The van der Waals surface area contributed by atoms with Crippen molar-refractivity contribution in [3.05, 3.63) is 30.2 Å². The van der Waals surface area contributed by atoms with Gasteiger partial charge in [-0.15, -0.1) is 0 Å². The van der Waals surface area contributed by atoms with Crippen LogP contribution in [0.1, 0.15) is 5.69 Å². The van der Waals surface area contributed by atoms with Gasteiger partial charge >= 0.3 is 0 Å². The molecule has 4 nitrogen and oxygen atoms in total. The van der Waals surface area contributed by atoms with Crippen molar-refractivity contribution in [1.29, 1.82) is 0 Å². The molecular weight excluding hydrogens is 207 g/mol. The summed E-state index contributed by atoms with van der Waals surface area (Å²) in [7, 11) is 1.83. The molecule has 0 saturated carbocycles. The van der Waals surface area contributed by atoms with Crippen molar-refractivity contribution < 1.29 is 4.39 Å². The number of imidazole rings is 1. The average molecular weight is 216 g/mol. The molecule has 3 rings (SSSR count). The lowest BCUT2D eigenvalue weighted by atomic mass is 10.1. The molecule has 0 radical (unpaired) electrons. The summed E-state index contributed by atoms with van der Waals surface area (Å²) in [6.07, 6.45) is 2.96. The van der Waals surface area contributed by atoms with E-state index in [9.17, 15) is 4.39 Å². The second kappa shape index (κ2) is 2.98. The van der Waals surface area contributed by atoms with Crippen LogP contribution in [-0.4, -0.2) is 19.5 Å². The van der Waals surface area contributed by atoms with E-state index in [1.165, 1.54) is 6.33 Å². The minimum Gasteiger partial charge on any atom is -0.334 e. The lowest BCUT2D eigenvalue weighted by Crippen LogP contribution is -1.93. The molecule has 0 unspecified atom stereocenters. The zero-order valence-corrected chi connectivity index (χ0v) is 8.90. The summed E-state index contributed by atoms with van der Waals surface area (Å²) in [6.45, 7) is 1.84. The highest BCUT2D eigenvalue weighted by Gasteiger charge is 2.13. The fourth-order valence-electron chi connectivity index (χ4n) is 1.86. The van der Waals surface area contributed by atoms with E-state index >= 15 is 0 Å². The van der Waals surface area contributed by atoms with Crippen LogP contribution >= 0.6 is 0 Å². The topological polar surface area (TPSA) is 43.6 Å². The summed E-state index contributed by atoms with van der Waals surface area (Å²) >= 11 is 0. The van der Waals surface area contributed by atoms with Gasteiger partial charge in [0.1, 0.15) is 17.4 Å². The molecule has 0 aliphatic heterocycles. The van der Waals surface area contributed by atoms with E-state index in [0.717, 1.165) is 16.6 Å². The minimum atomic E-state index is -0.376. The predicted molar refractivity (Wildman–Crippen MR) is 58.5 cm³/mol. The summed E-state index contributed by atoms with van der Waals surface area (Å²) in [4.78, 5) is 12.1. The summed E-state index contributed by atoms with van der Waals surface area (Å²) in [6, 6.07) is 1.87. The van der Waals surface area contributed by atoms with Crippen LogP contribution in [0.25, 0.3) is 21.9 Å². The first-order valence-electron chi connectivity index (χ1n) is 4.89. The molecule has 0 atom stereocenters. The Labute approximate surface area is 90.8 Å². The number of halogens is 1. The molecule has 0 saturated heterocycles. The Morgan fingerprint density at radius 3 is 2.81 bits per heavy atom. The summed E-state index contributed by atoms with van der Waals surface area (Å²) in [5.41, 5.74) is 2.21. The second-order valence-electron chi connectivity index (χ2n) is 3.77. The first kappa shape index (κ1) is 9.21. The quantitative estimate of drug-likeness (QED) is 0.577. The lowest BCUT2D eigenvalue weighted by molar-refractivity contribution is 0.645. The molecule has 0 N–H and O–H groups in total. The van der Waals surface area contributed by atoms with Crippen molar-refractivity contribution in [2.75, 3.05) is 0 Å². The Hall–Kier alpha value is -2.04. The maximum Gasteiger partial charge on any atom is 0.177 e. The van der Waals surface area contributed by atoms with Crippen LogP contribution in [0.5, 0.6) is 0 Å². The highest BCUT2D eigenvalue weighted by molar-refractivity contribution is 5.94. The van der Waals surface area contributed by atoms with Crippen molar-refractivity contribution in [1.82, 2.24) is 19.5 Å². The first-order chi connectivity index (χ1) is 7.68. The zero-order valence-electron chi connectivity index (χ0n) is 8.90. The van der Waals surface area contributed by atoms with Gasteiger partial charge < -0.3 is 4.57 Å². The van der Waals surface area contributed by atoms with Crippen LogP contribution in [0.4, 0.5) is 4.39 Å². The van der Waals surface area contributed by atoms with Gasteiger partial charge in [-0.3, -0.25) is 0 Å². The van der Waals surface area contributed by atoms with Crippen LogP contribution in [0.3, 0.4) is 0 Å². The van der Waals surface area contributed by atoms with Gasteiger partial charge in [0.15, 0.2) is 5.82 Å². The molecule has 16 heavy (non-hydrogen) atoms. The van der Waals surface area contributed by atoms with Crippen LogP contribution in [0.2, 0.25) is 0 Å². The van der Waals surface area contributed by atoms with Crippen molar-refractivity contribution in [3.63, 3.8) is 0 Å². The molecule has 0 amide bonds. The molecule has 0 spiro atoms. The smallest absolute Gasteiger partial charge is 0.177 e. The van der Waals surface area contributed by atoms with E-state index < -0.39 is 0 Å². The molecular formula is C11H9FN4. The number of hydrogen-bond acceptors (Lipinski definition) is 3. The molecule has 0 fully saturated rings. The van der Waals surface area contributed by atoms with Crippen LogP contribution in [0.15, 0.2) is 18.7 Å². The van der Waals surface area contributed by atoms with Gasteiger partial charge in [-0.25, -0.2) is 19.3 Å². The molecule has 5 heteroatoms. The van der Waals surface area contributed by atoms with Gasteiger partial charge in [-0.05, 0) is 13.0 Å². The number of fused-ring (bicyclic) bond motifs is 2. The lowest BCUT2D eigenvalue weighted by Gasteiger charge is -2.03. The first-order valence-corrected chi connectivity index (χ1v) is 4.89. The van der Waals surface area contributed by atoms with E-state index in [1.54, 1.807) is 10.9 Å². The van der Waals surface area contributed by atoms with Gasteiger partial charge in [0.05, 0.1) is 11.8 Å². The Morgan fingerprint density at radius 2 is 2.00 bits per heavy atom. The summed E-state index contributed by atoms with van der Waals surface area (Å²) in [5.74, 6) is -0.376. The highest BCUT2D eigenvalue weighted by Crippen LogP contribution is 2.25. The van der Waals surface area contributed by atoms with Crippen LogP contribution < -0.4 is 0 Å². The van der Waals surface area contributed by atoms with Gasteiger partial charge in [0.25, 0.3) is 0 Å². The second-order valence-corrected chi connectivity index (χ2v) is 3.77. The number of benzene rings is 1. The largest absolute Gasteiger partial charge is 0.334 e. The Morgan fingerprint density at radius 1 is 1.19 bits per heavy atom. The molecule has 0 aliphatic rings. The zero-order chi connectivity index (χ0) is 11.3. The van der Waals surface area contributed by atoms with Crippen LogP contribution in [0, 0.1) is 12.7 Å². The standard InChI is InChI=1S/C11H9FN4/c1-6-7-3-8-11(15-5-16(8)2)9(12)10(7)14-4-13-6/h3-5H,1-2H3. The molecule has 80 valence electrons. The highest BCUT2D eigenvalue weighted by atomic mass is 19.1. The van der Waals surface area contributed by atoms with Gasteiger partial charge in [-0.1, -0.05) is 0 Å². The van der Waals surface area contributed by atoms with Crippen molar-refractivity contribution in [2.45, 2.75) is 6.92 Å². The van der Waals surface area contributed by atoms with E-state index in [2.05, 4.69) is 15.0 Å². The fourth-order valence-corrected chi connectivity index (χ4v) is 1.86. The molecule has 0 aliphatic carbocycles. The normalized spacial score (nSPS) is 11.4. The SMILES string of the molecule is Cc1ncnc2c(F)c3ncn(C)c3cc12. The third-order valence-electron chi connectivity index (χ3n) is 2.76. The van der Waals surface area contributed by atoms with Crippen molar-refractivity contribution in [2.24, 2.45) is 7.05 Å². The van der Waals surface area contributed by atoms with Gasteiger partial charge in [0, 0.05) is 18.1 Å². The number of aryl methyl sites for hydroxylation is 2.